The maximum Gasteiger partial charge on any atom is 0.208 e. The number of hydrogen-bond donors (Lipinski definition) is 1. The van der Waals surface area contributed by atoms with E-state index in [1.165, 1.54) is 6.42 Å². The average molecular weight is 260 g/mol. The summed E-state index contributed by atoms with van der Waals surface area (Å²) in [5, 5.41) is 3.29. The highest BCUT2D eigenvalue weighted by Crippen LogP contribution is 2.47. The van der Waals surface area contributed by atoms with Crippen LogP contribution in [0.25, 0.3) is 0 Å². The second-order valence-electron chi connectivity index (χ2n) is 5.48. The monoisotopic (exact) mass is 260 g/mol. The lowest BCUT2D eigenvalue weighted by molar-refractivity contribution is 0.418. The molecule has 2 atom stereocenters. The van der Waals surface area contributed by atoms with Gasteiger partial charge in [0.05, 0.1) is 18.8 Å². The van der Waals surface area contributed by atoms with Gasteiger partial charge < -0.3 is 14.2 Å². The fourth-order valence-electron chi connectivity index (χ4n) is 2.31. The van der Waals surface area contributed by atoms with Crippen LogP contribution in [0.4, 0.5) is 0 Å². The van der Waals surface area contributed by atoms with Gasteiger partial charge in [-0.1, -0.05) is 6.92 Å². The third kappa shape index (κ3) is 2.73. The van der Waals surface area contributed by atoms with Crippen LogP contribution in [0.1, 0.15) is 48.1 Å². The maximum atomic E-state index is 5.83. The first kappa shape index (κ1) is 12.5. The molecular formula is C15H20N2O2. The van der Waals surface area contributed by atoms with E-state index in [0.717, 1.165) is 34.8 Å². The topological polar surface area (TPSA) is 51.2 Å². The third-order valence-corrected chi connectivity index (χ3v) is 3.81. The van der Waals surface area contributed by atoms with Gasteiger partial charge in [0.1, 0.15) is 17.3 Å². The lowest BCUT2D eigenvalue weighted by Crippen LogP contribution is -2.12. The Kier molecular flexibility index (Phi) is 3.19. The van der Waals surface area contributed by atoms with Crippen molar-refractivity contribution in [2.45, 2.75) is 46.2 Å². The van der Waals surface area contributed by atoms with Crippen LogP contribution in [0.3, 0.4) is 0 Å². The predicted octanol–water partition coefficient (Wildman–Crippen LogP) is 3.30. The highest BCUT2D eigenvalue weighted by Gasteiger charge is 2.36. The Hall–Kier alpha value is -1.55. The molecule has 4 heteroatoms. The molecule has 1 saturated carbocycles. The zero-order valence-electron chi connectivity index (χ0n) is 11.7. The smallest absolute Gasteiger partial charge is 0.208 e. The van der Waals surface area contributed by atoms with Gasteiger partial charge >= 0.3 is 0 Å². The molecule has 2 heterocycles. The molecule has 0 saturated heterocycles. The lowest BCUT2D eigenvalue weighted by Gasteiger charge is -1.99. The van der Waals surface area contributed by atoms with E-state index in [-0.39, 0.29) is 0 Å². The zero-order valence-corrected chi connectivity index (χ0v) is 11.7. The van der Waals surface area contributed by atoms with Gasteiger partial charge in [0, 0.05) is 5.92 Å². The first-order valence-electron chi connectivity index (χ1n) is 6.85. The number of aromatic nitrogens is 1. The van der Waals surface area contributed by atoms with Gasteiger partial charge in [-0.25, -0.2) is 4.98 Å². The van der Waals surface area contributed by atoms with Crippen molar-refractivity contribution in [1.29, 1.82) is 0 Å². The molecule has 0 aliphatic heterocycles. The molecule has 2 aromatic heterocycles. The van der Waals surface area contributed by atoms with Crippen molar-refractivity contribution in [1.82, 2.24) is 10.3 Å². The van der Waals surface area contributed by atoms with Crippen LogP contribution < -0.4 is 5.32 Å². The molecular weight excluding hydrogens is 240 g/mol. The zero-order chi connectivity index (χ0) is 13.4. The van der Waals surface area contributed by atoms with E-state index in [1.54, 1.807) is 0 Å². The number of furan rings is 1. The summed E-state index contributed by atoms with van der Waals surface area (Å²) in [6.45, 7) is 7.49. The van der Waals surface area contributed by atoms with Crippen molar-refractivity contribution < 1.29 is 8.83 Å². The number of aryl methyl sites for hydroxylation is 2. The molecule has 0 bridgehead atoms. The van der Waals surface area contributed by atoms with Gasteiger partial charge in [-0.05, 0) is 38.3 Å². The van der Waals surface area contributed by atoms with E-state index < -0.39 is 0 Å². The fraction of sp³-hybridized carbons (Fsp3) is 0.533. The van der Waals surface area contributed by atoms with Crippen molar-refractivity contribution in [2.75, 3.05) is 0 Å². The number of rotatable bonds is 5. The number of oxazole rings is 1. The Bertz CT molecular complexity index is 551. The largest absolute Gasteiger partial charge is 0.464 e. The minimum atomic E-state index is 0.630. The summed E-state index contributed by atoms with van der Waals surface area (Å²) in [7, 11) is 0. The van der Waals surface area contributed by atoms with E-state index in [9.17, 15) is 0 Å². The van der Waals surface area contributed by atoms with Gasteiger partial charge in [-0.15, -0.1) is 0 Å². The van der Waals surface area contributed by atoms with E-state index in [0.29, 0.717) is 19.0 Å². The number of nitrogens with one attached hydrogen (secondary N) is 1. The number of nitrogens with zero attached hydrogens (tertiary/aromatic N) is 1. The minimum Gasteiger partial charge on any atom is -0.464 e. The summed E-state index contributed by atoms with van der Waals surface area (Å²) in [5.41, 5.74) is 0.958. The predicted molar refractivity (Wildman–Crippen MR) is 71.8 cm³/mol. The van der Waals surface area contributed by atoms with Gasteiger partial charge in [-0.3, -0.25) is 0 Å². The standard InChI is InChI=1S/C15H20N2O2/c1-9-6-13(9)14-5-4-12(19-14)7-16-8-15-17-10(2)11(3)18-15/h4-5,9,13,16H,6-8H2,1-3H3. The molecule has 0 spiro atoms. The molecule has 0 aromatic carbocycles. The van der Waals surface area contributed by atoms with E-state index in [2.05, 4.69) is 29.4 Å². The molecule has 0 radical (unpaired) electrons. The van der Waals surface area contributed by atoms with Gasteiger partial charge in [0.25, 0.3) is 0 Å². The van der Waals surface area contributed by atoms with Crippen LogP contribution >= 0.6 is 0 Å². The molecule has 102 valence electrons. The first-order valence-corrected chi connectivity index (χ1v) is 6.85. The van der Waals surface area contributed by atoms with Crippen LogP contribution in [0.15, 0.2) is 21.0 Å². The van der Waals surface area contributed by atoms with Crippen LogP contribution in [-0.2, 0) is 13.1 Å². The lowest BCUT2D eigenvalue weighted by atomic mass is 10.3. The van der Waals surface area contributed by atoms with Crippen LogP contribution in [-0.4, -0.2) is 4.98 Å². The van der Waals surface area contributed by atoms with Crippen molar-refractivity contribution in [2.24, 2.45) is 5.92 Å². The molecule has 19 heavy (non-hydrogen) atoms. The Morgan fingerprint density at radius 2 is 2.05 bits per heavy atom. The third-order valence-electron chi connectivity index (χ3n) is 3.81. The molecule has 1 N–H and O–H groups in total. The summed E-state index contributed by atoms with van der Waals surface area (Å²) in [4.78, 5) is 4.33. The summed E-state index contributed by atoms with van der Waals surface area (Å²) in [6, 6.07) is 4.16. The molecule has 2 unspecified atom stereocenters. The second-order valence-corrected chi connectivity index (χ2v) is 5.48. The van der Waals surface area contributed by atoms with Gasteiger partial charge in [0.15, 0.2) is 0 Å². The molecule has 0 amide bonds. The van der Waals surface area contributed by atoms with Crippen molar-refractivity contribution in [3.8, 4) is 0 Å². The summed E-state index contributed by atoms with van der Waals surface area (Å²) >= 11 is 0. The van der Waals surface area contributed by atoms with Crippen LogP contribution in [0.5, 0.6) is 0 Å². The highest BCUT2D eigenvalue weighted by molar-refractivity contribution is 5.17. The fourth-order valence-corrected chi connectivity index (χ4v) is 2.31. The summed E-state index contributed by atoms with van der Waals surface area (Å²) in [6.07, 6.45) is 1.26. The maximum absolute atomic E-state index is 5.83. The van der Waals surface area contributed by atoms with E-state index >= 15 is 0 Å². The number of hydrogen-bond acceptors (Lipinski definition) is 4. The first-order chi connectivity index (χ1) is 9.13. The normalized spacial score (nSPS) is 21.8. The van der Waals surface area contributed by atoms with Crippen molar-refractivity contribution >= 4 is 0 Å². The quantitative estimate of drug-likeness (QED) is 0.896. The Morgan fingerprint density at radius 3 is 2.68 bits per heavy atom. The molecule has 1 fully saturated rings. The molecule has 4 nitrogen and oxygen atoms in total. The second kappa shape index (κ2) is 4.85. The van der Waals surface area contributed by atoms with Gasteiger partial charge in [0.2, 0.25) is 5.89 Å². The SMILES string of the molecule is Cc1nc(CNCc2ccc(C3CC3C)o2)oc1C. The molecule has 1 aliphatic carbocycles. The minimum absolute atomic E-state index is 0.630. The molecule has 2 aromatic rings. The molecule has 3 rings (SSSR count). The summed E-state index contributed by atoms with van der Waals surface area (Å²) < 4.78 is 11.3. The summed E-state index contributed by atoms with van der Waals surface area (Å²) in [5.74, 6) is 5.16. The Morgan fingerprint density at radius 1 is 1.26 bits per heavy atom. The van der Waals surface area contributed by atoms with E-state index in [4.69, 9.17) is 8.83 Å². The van der Waals surface area contributed by atoms with Crippen LogP contribution in [0.2, 0.25) is 0 Å². The van der Waals surface area contributed by atoms with E-state index in [1.807, 2.05) is 13.8 Å². The van der Waals surface area contributed by atoms with Gasteiger partial charge in [-0.2, -0.15) is 0 Å². The highest BCUT2D eigenvalue weighted by atomic mass is 16.4. The molecule has 1 aliphatic rings. The van der Waals surface area contributed by atoms with Crippen molar-refractivity contribution in [3.63, 3.8) is 0 Å². The Labute approximate surface area is 113 Å². The van der Waals surface area contributed by atoms with Crippen molar-refractivity contribution in [3.05, 3.63) is 41.0 Å². The Balaban J connectivity index is 1.50. The van der Waals surface area contributed by atoms with Crippen LogP contribution in [0, 0.1) is 19.8 Å². The average Bonchev–Trinajstić information content (AvgIpc) is 2.80.